The highest BCUT2D eigenvalue weighted by Gasteiger charge is 2.08. The number of thioether (sulfide) groups is 1. The van der Waals surface area contributed by atoms with Gasteiger partial charge < -0.3 is 0 Å². The number of thiazole rings is 1. The molecule has 0 unspecified atom stereocenters. The summed E-state index contributed by atoms with van der Waals surface area (Å²) in [6.07, 6.45) is 1.69. The topological polar surface area (TPSA) is 30.0 Å². The number of rotatable bonds is 4. The summed E-state index contributed by atoms with van der Waals surface area (Å²) in [5.74, 6) is -0.179. The van der Waals surface area contributed by atoms with Crippen LogP contribution >= 0.6 is 23.1 Å². The summed E-state index contributed by atoms with van der Waals surface area (Å²) < 4.78 is 13.7. The Hall–Kier alpha value is -1.20. The van der Waals surface area contributed by atoms with E-state index in [9.17, 15) is 9.18 Å². The summed E-state index contributed by atoms with van der Waals surface area (Å²) in [5.41, 5.74) is 0.407. The van der Waals surface area contributed by atoms with Crippen molar-refractivity contribution in [3.8, 4) is 0 Å². The second-order valence-electron chi connectivity index (χ2n) is 3.02. The summed E-state index contributed by atoms with van der Waals surface area (Å²) >= 11 is 2.86. The molecule has 0 radical (unpaired) electrons. The van der Waals surface area contributed by atoms with Gasteiger partial charge in [0.05, 0.1) is 5.75 Å². The van der Waals surface area contributed by atoms with Crippen molar-refractivity contribution in [2.75, 3.05) is 5.75 Å². The molecule has 0 aliphatic rings. The molecular weight excluding hydrogens is 245 g/mol. The molecule has 1 heterocycles. The summed E-state index contributed by atoms with van der Waals surface area (Å²) in [4.78, 5) is 15.7. The van der Waals surface area contributed by atoms with Gasteiger partial charge in [-0.15, -0.1) is 11.3 Å². The molecule has 5 heteroatoms. The number of carbonyl (C=O) groups is 1. The maximum atomic E-state index is 12.9. The van der Waals surface area contributed by atoms with E-state index in [0.29, 0.717) is 5.56 Å². The Morgan fingerprint density at radius 2 is 2.38 bits per heavy atom. The van der Waals surface area contributed by atoms with Crippen molar-refractivity contribution in [1.82, 2.24) is 4.98 Å². The van der Waals surface area contributed by atoms with Crippen molar-refractivity contribution in [2.45, 2.75) is 4.34 Å². The van der Waals surface area contributed by atoms with E-state index in [1.807, 2.05) is 5.38 Å². The molecule has 2 nitrogen and oxygen atoms in total. The largest absolute Gasteiger partial charge is 0.293 e. The lowest BCUT2D eigenvalue weighted by atomic mass is 10.1. The van der Waals surface area contributed by atoms with Crippen molar-refractivity contribution in [2.24, 2.45) is 0 Å². The number of ketones is 1. The monoisotopic (exact) mass is 253 g/mol. The van der Waals surface area contributed by atoms with Crippen LogP contribution in [0.2, 0.25) is 0 Å². The standard InChI is InChI=1S/C11H8FNOS2/c12-9-3-1-2-8(6-9)10(14)7-16-11-13-4-5-15-11/h1-6H,7H2. The number of halogens is 1. The van der Waals surface area contributed by atoms with Crippen LogP contribution in [0.4, 0.5) is 4.39 Å². The van der Waals surface area contributed by atoms with Crippen molar-refractivity contribution >= 4 is 28.9 Å². The predicted molar refractivity (Wildman–Crippen MR) is 63.6 cm³/mol. The van der Waals surface area contributed by atoms with Crippen molar-refractivity contribution < 1.29 is 9.18 Å². The first-order valence-corrected chi connectivity index (χ1v) is 6.43. The Bertz CT molecular complexity index is 484. The molecule has 0 atom stereocenters. The van der Waals surface area contributed by atoms with Gasteiger partial charge >= 0.3 is 0 Å². The first kappa shape index (κ1) is 11.3. The van der Waals surface area contributed by atoms with E-state index in [0.717, 1.165) is 4.34 Å². The lowest BCUT2D eigenvalue weighted by Crippen LogP contribution is -2.02. The fourth-order valence-electron chi connectivity index (χ4n) is 1.15. The van der Waals surface area contributed by atoms with E-state index < -0.39 is 0 Å². The third-order valence-corrected chi connectivity index (χ3v) is 3.85. The maximum absolute atomic E-state index is 12.9. The van der Waals surface area contributed by atoms with Crippen LogP contribution in [0, 0.1) is 5.82 Å². The minimum absolute atomic E-state index is 0.0836. The molecule has 2 rings (SSSR count). The van der Waals surface area contributed by atoms with Gasteiger partial charge in [-0.3, -0.25) is 4.79 Å². The highest BCUT2D eigenvalue weighted by molar-refractivity contribution is 8.01. The second kappa shape index (κ2) is 5.23. The van der Waals surface area contributed by atoms with Crippen molar-refractivity contribution in [3.63, 3.8) is 0 Å². The van der Waals surface area contributed by atoms with Crippen LogP contribution in [-0.2, 0) is 0 Å². The average molecular weight is 253 g/mol. The lowest BCUT2D eigenvalue weighted by molar-refractivity contribution is 0.102. The Morgan fingerprint density at radius 1 is 1.50 bits per heavy atom. The Kier molecular flexibility index (Phi) is 3.69. The fourth-order valence-corrected chi connectivity index (χ4v) is 2.69. The zero-order valence-electron chi connectivity index (χ0n) is 8.22. The summed E-state index contributed by atoms with van der Waals surface area (Å²) in [6, 6.07) is 5.74. The Morgan fingerprint density at radius 3 is 3.06 bits per heavy atom. The number of aromatic nitrogens is 1. The van der Waals surface area contributed by atoms with E-state index in [1.165, 1.54) is 41.3 Å². The Labute approximate surface area is 101 Å². The van der Waals surface area contributed by atoms with Gasteiger partial charge in [-0.2, -0.15) is 0 Å². The van der Waals surface area contributed by atoms with Gasteiger partial charge in [0, 0.05) is 17.1 Å². The second-order valence-corrected chi connectivity index (χ2v) is 5.14. The van der Waals surface area contributed by atoms with Crippen LogP contribution in [-0.4, -0.2) is 16.5 Å². The van der Waals surface area contributed by atoms with Gasteiger partial charge in [0.1, 0.15) is 10.2 Å². The van der Waals surface area contributed by atoms with Gasteiger partial charge in [-0.05, 0) is 12.1 Å². The number of benzene rings is 1. The molecule has 0 aliphatic heterocycles. The minimum atomic E-state index is -0.384. The number of nitrogens with zero attached hydrogens (tertiary/aromatic N) is 1. The molecule has 0 aliphatic carbocycles. The fraction of sp³-hybridized carbons (Fsp3) is 0.0909. The van der Waals surface area contributed by atoms with E-state index in [2.05, 4.69) is 4.98 Å². The molecule has 0 amide bonds. The molecule has 82 valence electrons. The van der Waals surface area contributed by atoms with Crippen LogP contribution in [0.3, 0.4) is 0 Å². The predicted octanol–water partition coefficient (Wildman–Crippen LogP) is 3.26. The quantitative estimate of drug-likeness (QED) is 0.619. The molecule has 16 heavy (non-hydrogen) atoms. The number of carbonyl (C=O) groups excluding carboxylic acids is 1. The molecule has 0 saturated carbocycles. The van der Waals surface area contributed by atoms with Crippen LogP contribution in [0.25, 0.3) is 0 Å². The van der Waals surface area contributed by atoms with Gasteiger partial charge in [0.2, 0.25) is 0 Å². The molecule has 0 fully saturated rings. The highest BCUT2D eigenvalue weighted by atomic mass is 32.2. The van der Waals surface area contributed by atoms with E-state index in [4.69, 9.17) is 0 Å². The van der Waals surface area contributed by atoms with Crippen LogP contribution < -0.4 is 0 Å². The Balaban J connectivity index is 1.98. The summed E-state index contributed by atoms with van der Waals surface area (Å²) in [5, 5.41) is 1.86. The molecule has 1 aromatic carbocycles. The number of Topliss-reactive ketones (excluding diaryl/α,β-unsaturated/α-hetero) is 1. The van der Waals surface area contributed by atoms with Crippen LogP contribution in [0.5, 0.6) is 0 Å². The molecule has 0 bridgehead atoms. The molecular formula is C11H8FNOS2. The zero-order valence-corrected chi connectivity index (χ0v) is 9.85. The van der Waals surface area contributed by atoms with Gasteiger partial charge in [0.15, 0.2) is 5.78 Å². The summed E-state index contributed by atoms with van der Waals surface area (Å²) in [6.45, 7) is 0. The third-order valence-electron chi connectivity index (χ3n) is 1.88. The molecule has 0 saturated heterocycles. The van der Waals surface area contributed by atoms with E-state index in [-0.39, 0.29) is 17.4 Å². The van der Waals surface area contributed by atoms with Crippen LogP contribution in [0.1, 0.15) is 10.4 Å². The molecule has 0 spiro atoms. The number of hydrogen-bond acceptors (Lipinski definition) is 4. The summed E-state index contributed by atoms with van der Waals surface area (Å²) in [7, 11) is 0. The van der Waals surface area contributed by atoms with Gasteiger partial charge in [0.25, 0.3) is 0 Å². The van der Waals surface area contributed by atoms with Crippen molar-refractivity contribution in [1.29, 1.82) is 0 Å². The van der Waals surface area contributed by atoms with Crippen LogP contribution in [0.15, 0.2) is 40.2 Å². The maximum Gasteiger partial charge on any atom is 0.173 e. The minimum Gasteiger partial charge on any atom is -0.293 e. The first-order valence-electron chi connectivity index (χ1n) is 4.57. The van der Waals surface area contributed by atoms with Gasteiger partial charge in [-0.25, -0.2) is 9.37 Å². The number of hydrogen-bond donors (Lipinski definition) is 0. The first-order chi connectivity index (χ1) is 7.75. The molecule has 1 aromatic heterocycles. The average Bonchev–Trinajstić information content (AvgIpc) is 2.78. The van der Waals surface area contributed by atoms with E-state index >= 15 is 0 Å². The van der Waals surface area contributed by atoms with E-state index in [1.54, 1.807) is 12.3 Å². The molecule has 0 N–H and O–H groups in total. The van der Waals surface area contributed by atoms with Gasteiger partial charge in [-0.1, -0.05) is 23.9 Å². The smallest absolute Gasteiger partial charge is 0.173 e. The SMILES string of the molecule is O=C(CSc1nccs1)c1cccc(F)c1. The zero-order chi connectivity index (χ0) is 11.4. The molecule has 2 aromatic rings. The normalized spacial score (nSPS) is 10.3. The third kappa shape index (κ3) is 2.90. The lowest BCUT2D eigenvalue weighted by Gasteiger charge is -1.99. The van der Waals surface area contributed by atoms with Crippen molar-refractivity contribution in [3.05, 3.63) is 47.2 Å². The highest BCUT2D eigenvalue weighted by Crippen LogP contribution is 2.21.